The Morgan fingerprint density at radius 2 is 1.47 bits per heavy atom. The van der Waals surface area contributed by atoms with Crippen LogP contribution < -0.4 is 11.2 Å². The van der Waals surface area contributed by atoms with Crippen molar-refractivity contribution in [2.75, 3.05) is 0 Å². The highest BCUT2D eigenvalue weighted by molar-refractivity contribution is 6.30. The predicted octanol–water partition coefficient (Wildman–Crippen LogP) is 3.40. The van der Waals surface area contributed by atoms with Crippen LogP contribution in [0.3, 0.4) is 0 Å². The SMILES string of the molecule is Cc1cc([C@@H]2c3c(n(C)c(=O)n(C)c3=O)N=C3c4ccccc4C(=O)[C@@H]32)c(C)c(C)c1C. The molecule has 6 heteroatoms. The van der Waals surface area contributed by atoms with Gasteiger partial charge in [0, 0.05) is 31.1 Å². The van der Waals surface area contributed by atoms with Crippen molar-refractivity contribution in [3.05, 3.63) is 95.7 Å². The van der Waals surface area contributed by atoms with Crippen LogP contribution in [0.1, 0.15) is 55.2 Å². The predicted molar refractivity (Wildman–Crippen MR) is 125 cm³/mol. The molecule has 1 aliphatic carbocycles. The molecule has 2 atom stereocenters. The Labute approximate surface area is 185 Å². The van der Waals surface area contributed by atoms with Crippen LogP contribution in [-0.4, -0.2) is 20.6 Å². The lowest BCUT2D eigenvalue weighted by atomic mass is 9.74. The molecule has 1 aromatic heterocycles. The monoisotopic (exact) mass is 427 g/mol. The summed E-state index contributed by atoms with van der Waals surface area (Å²) >= 11 is 0. The Morgan fingerprint density at radius 3 is 2.16 bits per heavy atom. The van der Waals surface area contributed by atoms with E-state index in [1.54, 1.807) is 7.05 Å². The second-order valence-corrected chi connectivity index (χ2v) is 8.96. The molecular weight excluding hydrogens is 402 g/mol. The van der Waals surface area contributed by atoms with Crippen LogP contribution in [-0.2, 0) is 14.1 Å². The van der Waals surface area contributed by atoms with Gasteiger partial charge in [-0.1, -0.05) is 30.3 Å². The Hall–Kier alpha value is -3.54. The maximum Gasteiger partial charge on any atom is 0.332 e. The van der Waals surface area contributed by atoms with Crippen molar-refractivity contribution in [3.8, 4) is 0 Å². The molecule has 2 aliphatic rings. The number of aryl methyl sites for hydroxylation is 1. The average molecular weight is 428 g/mol. The standard InChI is InChI=1S/C26H25N3O3/c1-12-11-18(15(4)14(3)13(12)2)19-20-22(16-9-7-8-10-17(16)23(20)30)27-24-21(19)25(31)29(6)26(32)28(24)5/h7-11,19-20H,1-6H3/t19-,20+/m0/s1. The Morgan fingerprint density at radius 1 is 0.812 bits per heavy atom. The summed E-state index contributed by atoms with van der Waals surface area (Å²) in [5, 5.41) is 0. The van der Waals surface area contributed by atoms with Crippen LogP contribution in [0.5, 0.6) is 0 Å². The van der Waals surface area contributed by atoms with Gasteiger partial charge in [0.1, 0.15) is 5.82 Å². The number of benzene rings is 2. The number of hydrogen-bond acceptors (Lipinski definition) is 4. The molecule has 32 heavy (non-hydrogen) atoms. The minimum absolute atomic E-state index is 0.0267. The Balaban J connectivity index is 1.95. The first-order valence-corrected chi connectivity index (χ1v) is 10.7. The highest BCUT2D eigenvalue weighted by atomic mass is 16.2. The van der Waals surface area contributed by atoms with E-state index in [4.69, 9.17) is 4.99 Å². The first-order valence-electron chi connectivity index (χ1n) is 10.7. The molecule has 0 fully saturated rings. The van der Waals surface area contributed by atoms with Crippen molar-refractivity contribution in [3.63, 3.8) is 0 Å². The van der Waals surface area contributed by atoms with E-state index in [0.717, 1.165) is 32.4 Å². The van der Waals surface area contributed by atoms with Crippen LogP contribution in [0.25, 0.3) is 0 Å². The van der Waals surface area contributed by atoms with Gasteiger partial charge in [0.25, 0.3) is 5.56 Å². The summed E-state index contributed by atoms with van der Waals surface area (Å²) in [6, 6.07) is 9.53. The first kappa shape index (κ1) is 20.4. The molecule has 3 aromatic rings. The van der Waals surface area contributed by atoms with Gasteiger partial charge >= 0.3 is 5.69 Å². The molecule has 0 N–H and O–H groups in total. The van der Waals surface area contributed by atoms with Gasteiger partial charge < -0.3 is 0 Å². The van der Waals surface area contributed by atoms with Crippen LogP contribution in [0.4, 0.5) is 5.82 Å². The molecule has 2 heterocycles. The zero-order valence-electron chi connectivity index (χ0n) is 19.1. The molecule has 1 aliphatic heterocycles. The van der Waals surface area contributed by atoms with E-state index in [-0.39, 0.29) is 5.78 Å². The van der Waals surface area contributed by atoms with Gasteiger partial charge in [0.2, 0.25) is 0 Å². The fourth-order valence-electron chi connectivity index (χ4n) is 5.27. The van der Waals surface area contributed by atoms with Gasteiger partial charge in [-0.2, -0.15) is 0 Å². The van der Waals surface area contributed by atoms with Gasteiger partial charge in [0.05, 0.1) is 17.2 Å². The topological polar surface area (TPSA) is 73.4 Å². The number of fused-ring (bicyclic) bond motifs is 4. The quantitative estimate of drug-likeness (QED) is 0.598. The van der Waals surface area contributed by atoms with Crippen molar-refractivity contribution < 1.29 is 4.79 Å². The molecule has 0 unspecified atom stereocenters. The smallest absolute Gasteiger partial charge is 0.293 e. The van der Waals surface area contributed by atoms with E-state index in [1.165, 1.54) is 17.2 Å². The van der Waals surface area contributed by atoms with Crippen molar-refractivity contribution in [2.24, 2.45) is 25.0 Å². The average Bonchev–Trinajstić information content (AvgIpc) is 3.08. The third kappa shape index (κ3) is 2.46. The molecular formula is C26H25N3O3. The number of ketones is 1. The summed E-state index contributed by atoms with van der Waals surface area (Å²) in [5.41, 5.74) is 7.09. The summed E-state index contributed by atoms with van der Waals surface area (Å²) in [7, 11) is 3.11. The minimum Gasteiger partial charge on any atom is -0.293 e. The van der Waals surface area contributed by atoms with Crippen LogP contribution in [0.15, 0.2) is 44.9 Å². The third-order valence-corrected chi connectivity index (χ3v) is 7.44. The molecule has 0 saturated carbocycles. The Kier molecular flexibility index (Phi) is 4.28. The number of nitrogens with zero attached hydrogens (tertiary/aromatic N) is 3. The minimum atomic E-state index is -0.592. The number of aliphatic imine (C=N–C) groups is 1. The third-order valence-electron chi connectivity index (χ3n) is 7.44. The van der Waals surface area contributed by atoms with Crippen molar-refractivity contribution in [1.29, 1.82) is 0 Å². The molecule has 0 bridgehead atoms. The highest BCUT2D eigenvalue weighted by Crippen LogP contribution is 2.47. The van der Waals surface area contributed by atoms with Crippen LogP contribution >= 0.6 is 0 Å². The number of carbonyl (C=O) groups excluding carboxylic acids is 1. The lowest BCUT2D eigenvalue weighted by molar-refractivity contribution is 0.0953. The number of carbonyl (C=O) groups is 1. The van der Waals surface area contributed by atoms with Gasteiger partial charge in [-0.05, 0) is 55.5 Å². The summed E-state index contributed by atoms with van der Waals surface area (Å²) < 4.78 is 2.53. The molecule has 0 spiro atoms. The van der Waals surface area contributed by atoms with Gasteiger partial charge in [-0.15, -0.1) is 0 Å². The molecule has 2 aromatic carbocycles. The number of Topliss-reactive ketones (excluding diaryl/α,β-unsaturated/α-hetero) is 1. The summed E-state index contributed by atoms with van der Waals surface area (Å²) in [4.78, 5) is 44.6. The van der Waals surface area contributed by atoms with E-state index in [9.17, 15) is 14.4 Å². The van der Waals surface area contributed by atoms with Crippen LogP contribution in [0.2, 0.25) is 0 Å². The summed E-state index contributed by atoms with van der Waals surface area (Å²) in [5.74, 6) is -0.790. The molecule has 6 nitrogen and oxygen atoms in total. The number of rotatable bonds is 1. The van der Waals surface area contributed by atoms with Crippen molar-refractivity contribution in [2.45, 2.75) is 33.6 Å². The zero-order valence-corrected chi connectivity index (χ0v) is 19.1. The molecule has 0 radical (unpaired) electrons. The highest BCUT2D eigenvalue weighted by Gasteiger charge is 2.48. The van der Waals surface area contributed by atoms with Gasteiger partial charge in [-0.3, -0.25) is 18.7 Å². The second-order valence-electron chi connectivity index (χ2n) is 8.96. The van der Waals surface area contributed by atoms with Crippen molar-refractivity contribution in [1.82, 2.24) is 9.13 Å². The maximum atomic E-state index is 13.7. The van der Waals surface area contributed by atoms with E-state index >= 15 is 0 Å². The zero-order chi connectivity index (χ0) is 23.1. The molecule has 162 valence electrons. The summed E-state index contributed by atoms with van der Waals surface area (Å²) in [6.45, 7) is 8.25. The fourth-order valence-corrected chi connectivity index (χ4v) is 5.27. The molecule has 5 rings (SSSR count). The summed E-state index contributed by atoms with van der Waals surface area (Å²) in [6.07, 6.45) is 0. The van der Waals surface area contributed by atoms with Gasteiger partial charge in [-0.25, -0.2) is 9.79 Å². The Bertz CT molecular complexity index is 1500. The fraction of sp³-hybridized carbons (Fsp3) is 0.308. The molecule has 0 saturated heterocycles. The van der Waals surface area contributed by atoms with E-state index in [2.05, 4.69) is 19.9 Å². The number of aromatic nitrogens is 2. The molecule has 0 amide bonds. The maximum absolute atomic E-state index is 13.7. The normalized spacial score (nSPS) is 18.8. The van der Waals surface area contributed by atoms with Crippen LogP contribution in [0, 0.1) is 33.6 Å². The number of hydrogen-bond donors (Lipinski definition) is 0. The lowest BCUT2D eigenvalue weighted by Crippen LogP contribution is -2.43. The van der Waals surface area contributed by atoms with E-state index < -0.39 is 23.1 Å². The second kappa shape index (κ2) is 6.73. The lowest BCUT2D eigenvalue weighted by Gasteiger charge is -2.31. The van der Waals surface area contributed by atoms with Gasteiger partial charge in [0.15, 0.2) is 5.78 Å². The van der Waals surface area contributed by atoms with E-state index in [1.807, 2.05) is 38.1 Å². The first-order chi connectivity index (χ1) is 15.1. The largest absolute Gasteiger partial charge is 0.332 e. The van der Waals surface area contributed by atoms with Crippen molar-refractivity contribution >= 4 is 17.3 Å². The van der Waals surface area contributed by atoms with E-state index in [0.29, 0.717) is 22.7 Å².